The van der Waals surface area contributed by atoms with E-state index in [-0.39, 0.29) is 5.92 Å². The summed E-state index contributed by atoms with van der Waals surface area (Å²) in [6, 6.07) is 0. The molecule has 0 aliphatic rings. The summed E-state index contributed by atoms with van der Waals surface area (Å²) in [5, 5.41) is 8.52. The third kappa shape index (κ3) is 5.64. The highest BCUT2D eigenvalue weighted by atomic mass is 16.4. The molecule has 0 unspecified atom stereocenters. The molecule has 0 aromatic heterocycles. The normalized spacial score (nSPS) is 12.5. The number of allylic oxidation sites excluding steroid dienone is 1. The first-order valence-corrected chi connectivity index (χ1v) is 3.91. The number of rotatable bonds is 5. The summed E-state index contributed by atoms with van der Waals surface area (Å²) in [5.41, 5.74) is 1.13. The average Bonchev–Trinajstić information content (AvgIpc) is 1.86. The van der Waals surface area contributed by atoms with Gasteiger partial charge in [-0.3, -0.25) is 4.79 Å². The molecular formula is C9H16O2. The van der Waals surface area contributed by atoms with Crippen molar-refractivity contribution in [1.82, 2.24) is 0 Å². The Hall–Kier alpha value is -0.790. The summed E-state index contributed by atoms with van der Waals surface area (Å²) in [7, 11) is 0. The number of aliphatic carboxylic acids is 1. The van der Waals surface area contributed by atoms with Gasteiger partial charge in [-0.15, -0.1) is 6.58 Å². The molecule has 0 aliphatic carbocycles. The molecule has 0 fully saturated rings. The summed E-state index contributed by atoms with van der Waals surface area (Å²) in [6.07, 6.45) is 2.63. The van der Waals surface area contributed by atoms with Crippen LogP contribution in [0.4, 0.5) is 0 Å². The van der Waals surface area contributed by atoms with E-state index in [0.29, 0.717) is 0 Å². The maximum atomic E-state index is 10.4. The Kier molecular flexibility index (Phi) is 4.59. The fourth-order valence-corrected chi connectivity index (χ4v) is 0.834. The molecule has 1 N–H and O–H groups in total. The zero-order valence-electron chi connectivity index (χ0n) is 7.26. The molecule has 0 aliphatic heterocycles. The van der Waals surface area contributed by atoms with Crippen molar-refractivity contribution in [2.75, 3.05) is 0 Å². The number of carbonyl (C=O) groups is 1. The van der Waals surface area contributed by atoms with Crippen LogP contribution < -0.4 is 0 Å². The SMILES string of the molecule is C=C(C)CCC[C@@H](C)C(=O)O. The first-order valence-electron chi connectivity index (χ1n) is 3.91. The fraction of sp³-hybridized carbons (Fsp3) is 0.667. The molecule has 0 aromatic carbocycles. The molecule has 0 bridgehead atoms. The maximum Gasteiger partial charge on any atom is 0.306 e. The molecule has 2 nitrogen and oxygen atoms in total. The standard InChI is InChI=1S/C9H16O2/c1-7(2)5-4-6-8(3)9(10)11/h8H,1,4-6H2,2-3H3,(H,10,11)/t8-/m1/s1. The molecule has 0 aromatic rings. The van der Waals surface area contributed by atoms with Crippen molar-refractivity contribution in [2.45, 2.75) is 33.1 Å². The van der Waals surface area contributed by atoms with Crippen LogP contribution >= 0.6 is 0 Å². The predicted octanol–water partition coefficient (Wildman–Crippen LogP) is 2.45. The smallest absolute Gasteiger partial charge is 0.306 e. The second-order valence-corrected chi connectivity index (χ2v) is 3.09. The van der Waals surface area contributed by atoms with Crippen LogP contribution in [0.2, 0.25) is 0 Å². The number of carboxylic acids is 1. The second-order valence-electron chi connectivity index (χ2n) is 3.09. The van der Waals surface area contributed by atoms with Gasteiger partial charge in [0.2, 0.25) is 0 Å². The van der Waals surface area contributed by atoms with Gasteiger partial charge >= 0.3 is 5.97 Å². The van der Waals surface area contributed by atoms with Crippen LogP contribution in [0.25, 0.3) is 0 Å². The van der Waals surface area contributed by atoms with E-state index in [1.165, 1.54) is 0 Å². The van der Waals surface area contributed by atoms with Crippen molar-refractivity contribution in [2.24, 2.45) is 5.92 Å². The fourth-order valence-electron chi connectivity index (χ4n) is 0.834. The van der Waals surface area contributed by atoms with Gasteiger partial charge in [0.15, 0.2) is 0 Å². The Labute approximate surface area is 67.9 Å². The Morgan fingerprint density at radius 1 is 1.64 bits per heavy atom. The summed E-state index contributed by atoms with van der Waals surface area (Å²) in [6.45, 7) is 7.45. The minimum absolute atomic E-state index is 0.214. The Morgan fingerprint density at radius 2 is 2.18 bits per heavy atom. The van der Waals surface area contributed by atoms with Gasteiger partial charge in [-0.1, -0.05) is 12.5 Å². The molecule has 2 heteroatoms. The van der Waals surface area contributed by atoms with E-state index in [4.69, 9.17) is 5.11 Å². The van der Waals surface area contributed by atoms with E-state index < -0.39 is 5.97 Å². The molecule has 0 radical (unpaired) electrons. The molecular weight excluding hydrogens is 140 g/mol. The van der Waals surface area contributed by atoms with Crippen molar-refractivity contribution in [1.29, 1.82) is 0 Å². The molecule has 0 spiro atoms. The van der Waals surface area contributed by atoms with Gasteiger partial charge in [0.1, 0.15) is 0 Å². The minimum Gasteiger partial charge on any atom is -0.481 e. The van der Waals surface area contributed by atoms with Crippen LogP contribution in [0, 0.1) is 5.92 Å². The third-order valence-corrected chi connectivity index (χ3v) is 1.66. The van der Waals surface area contributed by atoms with E-state index in [0.717, 1.165) is 24.8 Å². The molecule has 0 rings (SSSR count). The molecule has 64 valence electrons. The van der Waals surface area contributed by atoms with Crippen LogP contribution in [0.15, 0.2) is 12.2 Å². The second kappa shape index (κ2) is 4.94. The molecule has 0 saturated heterocycles. The van der Waals surface area contributed by atoms with E-state index in [2.05, 4.69) is 6.58 Å². The number of carboxylic acid groups (broad SMARTS) is 1. The molecule has 0 amide bonds. The lowest BCUT2D eigenvalue weighted by Gasteiger charge is -2.04. The summed E-state index contributed by atoms with van der Waals surface area (Å²) < 4.78 is 0. The van der Waals surface area contributed by atoms with Crippen LogP contribution in [0.5, 0.6) is 0 Å². The predicted molar refractivity (Wildman–Crippen MR) is 45.5 cm³/mol. The summed E-state index contributed by atoms with van der Waals surface area (Å²) in [4.78, 5) is 10.4. The van der Waals surface area contributed by atoms with E-state index in [1.54, 1.807) is 6.92 Å². The highest BCUT2D eigenvalue weighted by Crippen LogP contribution is 2.10. The van der Waals surface area contributed by atoms with Crippen molar-refractivity contribution in [3.63, 3.8) is 0 Å². The van der Waals surface area contributed by atoms with Gasteiger partial charge in [0.05, 0.1) is 5.92 Å². The Morgan fingerprint density at radius 3 is 2.55 bits per heavy atom. The van der Waals surface area contributed by atoms with Crippen LogP contribution in [0.1, 0.15) is 33.1 Å². The molecule has 11 heavy (non-hydrogen) atoms. The van der Waals surface area contributed by atoms with Crippen LogP contribution in [0.3, 0.4) is 0 Å². The molecule has 1 atom stereocenters. The average molecular weight is 156 g/mol. The number of hydrogen-bond acceptors (Lipinski definition) is 1. The zero-order valence-corrected chi connectivity index (χ0v) is 7.26. The lowest BCUT2D eigenvalue weighted by molar-refractivity contribution is -0.141. The van der Waals surface area contributed by atoms with Gasteiger partial charge in [-0.2, -0.15) is 0 Å². The van der Waals surface area contributed by atoms with Crippen molar-refractivity contribution >= 4 is 5.97 Å². The topological polar surface area (TPSA) is 37.3 Å². The quantitative estimate of drug-likeness (QED) is 0.621. The van der Waals surface area contributed by atoms with Crippen molar-refractivity contribution in [3.05, 3.63) is 12.2 Å². The first-order chi connectivity index (χ1) is 5.04. The van der Waals surface area contributed by atoms with Crippen molar-refractivity contribution < 1.29 is 9.90 Å². The monoisotopic (exact) mass is 156 g/mol. The number of hydrogen-bond donors (Lipinski definition) is 1. The lowest BCUT2D eigenvalue weighted by atomic mass is 10.0. The Balaban J connectivity index is 3.39. The van der Waals surface area contributed by atoms with Gasteiger partial charge in [0.25, 0.3) is 0 Å². The Bertz CT molecular complexity index is 150. The highest BCUT2D eigenvalue weighted by Gasteiger charge is 2.09. The summed E-state index contributed by atoms with van der Waals surface area (Å²) in [5.74, 6) is -0.916. The molecule has 0 saturated carbocycles. The zero-order chi connectivity index (χ0) is 8.85. The summed E-state index contributed by atoms with van der Waals surface area (Å²) >= 11 is 0. The van der Waals surface area contributed by atoms with Gasteiger partial charge in [-0.05, 0) is 26.2 Å². The molecule has 0 heterocycles. The van der Waals surface area contributed by atoms with Crippen LogP contribution in [-0.2, 0) is 4.79 Å². The van der Waals surface area contributed by atoms with Gasteiger partial charge in [-0.25, -0.2) is 0 Å². The van der Waals surface area contributed by atoms with E-state index >= 15 is 0 Å². The largest absolute Gasteiger partial charge is 0.481 e. The third-order valence-electron chi connectivity index (χ3n) is 1.66. The van der Waals surface area contributed by atoms with Crippen LogP contribution in [-0.4, -0.2) is 11.1 Å². The van der Waals surface area contributed by atoms with Gasteiger partial charge < -0.3 is 5.11 Å². The minimum atomic E-state index is -0.702. The van der Waals surface area contributed by atoms with Crippen molar-refractivity contribution in [3.8, 4) is 0 Å². The first kappa shape index (κ1) is 10.2. The van der Waals surface area contributed by atoms with E-state index in [1.807, 2.05) is 6.92 Å². The van der Waals surface area contributed by atoms with E-state index in [9.17, 15) is 4.79 Å². The lowest BCUT2D eigenvalue weighted by Crippen LogP contribution is -2.08. The highest BCUT2D eigenvalue weighted by molar-refractivity contribution is 5.69. The van der Waals surface area contributed by atoms with Gasteiger partial charge in [0, 0.05) is 0 Å². The maximum absolute atomic E-state index is 10.4.